The van der Waals surface area contributed by atoms with E-state index < -0.39 is 0 Å². The van der Waals surface area contributed by atoms with Crippen LogP contribution in [0.15, 0.2) is 24.3 Å². The van der Waals surface area contributed by atoms with Gasteiger partial charge in [0.15, 0.2) is 0 Å². The number of benzene rings is 1. The molecule has 20 heavy (non-hydrogen) atoms. The Balaban J connectivity index is 1.65. The molecule has 1 heterocycles. The van der Waals surface area contributed by atoms with Gasteiger partial charge in [0.2, 0.25) is 0 Å². The molecule has 0 atom stereocenters. The van der Waals surface area contributed by atoms with Gasteiger partial charge in [0, 0.05) is 13.1 Å². The number of unbranched alkanes of at least 4 members (excludes halogenated alkanes) is 2. The van der Waals surface area contributed by atoms with Crippen molar-refractivity contribution in [3.05, 3.63) is 41.8 Å². The molecular formula is C18H28NO. The van der Waals surface area contributed by atoms with Gasteiger partial charge in [0.05, 0.1) is 13.3 Å². The molecule has 0 saturated carbocycles. The van der Waals surface area contributed by atoms with E-state index in [0.717, 1.165) is 26.4 Å². The Kier molecular flexibility index (Phi) is 7.10. The molecule has 1 aromatic carbocycles. The van der Waals surface area contributed by atoms with E-state index in [1.807, 2.05) is 0 Å². The average Bonchev–Trinajstić information content (AvgIpc) is 2.50. The highest BCUT2D eigenvalue weighted by atomic mass is 16.5. The zero-order chi connectivity index (χ0) is 14.0. The van der Waals surface area contributed by atoms with Crippen LogP contribution in [-0.4, -0.2) is 24.7 Å². The Morgan fingerprint density at radius 3 is 2.40 bits per heavy atom. The topological polar surface area (TPSA) is 12.5 Å². The number of aryl methyl sites for hydroxylation is 1. The van der Waals surface area contributed by atoms with Crippen molar-refractivity contribution < 1.29 is 4.74 Å². The van der Waals surface area contributed by atoms with Crippen LogP contribution in [-0.2, 0) is 17.8 Å². The van der Waals surface area contributed by atoms with Gasteiger partial charge in [-0.15, -0.1) is 0 Å². The van der Waals surface area contributed by atoms with Crippen LogP contribution in [0.2, 0.25) is 0 Å². The number of piperidine rings is 1. The number of rotatable bonds is 8. The molecule has 0 aliphatic carbocycles. The van der Waals surface area contributed by atoms with E-state index in [1.165, 1.54) is 49.7 Å². The van der Waals surface area contributed by atoms with Gasteiger partial charge in [-0.3, -0.25) is 4.90 Å². The minimum atomic E-state index is 0.732. The summed E-state index contributed by atoms with van der Waals surface area (Å²) >= 11 is 0. The molecule has 2 nitrogen and oxygen atoms in total. The van der Waals surface area contributed by atoms with E-state index >= 15 is 0 Å². The lowest BCUT2D eigenvalue weighted by molar-refractivity contribution is 0.0144. The molecule has 1 aliphatic rings. The lowest BCUT2D eigenvalue weighted by Crippen LogP contribution is -2.31. The summed E-state index contributed by atoms with van der Waals surface area (Å²) < 4.78 is 5.81. The first-order chi connectivity index (χ1) is 9.88. The molecule has 111 valence electrons. The van der Waals surface area contributed by atoms with E-state index in [0.29, 0.717) is 0 Å². The molecule has 0 bridgehead atoms. The third-order valence-electron chi connectivity index (χ3n) is 3.93. The molecule has 1 fully saturated rings. The lowest BCUT2D eigenvalue weighted by atomic mass is 10.1. The second kappa shape index (κ2) is 9.15. The maximum Gasteiger partial charge on any atom is 0.0994 e. The third-order valence-corrected chi connectivity index (χ3v) is 3.93. The molecule has 2 rings (SSSR count). The molecule has 0 aromatic heterocycles. The maximum absolute atomic E-state index is 5.81. The molecule has 1 aromatic rings. The lowest BCUT2D eigenvalue weighted by Gasteiger charge is -2.25. The molecule has 0 amide bonds. The van der Waals surface area contributed by atoms with Crippen molar-refractivity contribution in [2.24, 2.45) is 0 Å². The van der Waals surface area contributed by atoms with Crippen LogP contribution >= 0.6 is 0 Å². The van der Waals surface area contributed by atoms with E-state index in [2.05, 4.69) is 42.5 Å². The van der Waals surface area contributed by atoms with Crippen molar-refractivity contribution in [2.75, 3.05) is 19.8 Å². The number of ether oxygens (including phenoxy) is 1. The van der Waals surface area contributed by atoms with Crippen molar-refractivity contribution in [1.29, 1.82) is 0 Å². The largest absolute Gasteiger partial charge is 0.361 e. The summed E-state index contributed by atoms with van der Waals surface area (Å²) in [5, 5.41) is 0. The highest BCUT2D eigenvalue weighted by Crippen LogP contribution is 2.11. The van der Waals surface area contributed by atoms with E-state index in [9.17, 15) is 0 Å². The highest BCUT2D eigenvalue weighted by molar-refractivity contribution is 5.22. The van der Waals surface area contributed by atoms with E-state index in [1.54, 1.807) is 0 Å². The van der Waals surface area contributed by atoms with Crippen LogP contribution in [0, 0.1) is 6.42 Å². The van der Waals surface area contributed by atoms with Crippen LogP contribution in [0.25, 0.3) is 0 Å². The van der Waals surface area contributed by atoms with Gasteiger partial charge in [0.25, 0.3) is 0 Å². The summed E-state index contributed by atoms with van der Waals surface area (Å²) in [6, 6.07) is 8.94. The van der Waals surface area contributed by atoms with Crippen molar-refractivity contribution in [3.63, 3.8) is 0 Å². The van der Waals surface area contributed by atoms with Crippen molar-refractivity contribution in [3.8, 4) is 0 Å². The Morgan fingerprint density at radius 2 is 1.70 bits per heavy atom. The Morgan fingerprint density at radius 1 is 1.00 bits per heavy atom. The third kappa shape index (κ3) is 5.64. The van der Waals surface area contributed by atoms with E-state index in [4.69, 9.17) is 4.74 Å². The standard InChI is InChI=1S/C18H28NO/c1-2-3-5-8-17-9-11-18(12-10-17)15-20-16-19-13-6-4-7-14-19/h4,9-12H,2-3,5-8,13-16H2,1H3. The number of hydrogen-bond donors (Lipinski definition) is 0. The molecule has 1 radical (unpaired) electrons. The Hall–Kier alpha value is -0.860. The van der Waals surface area contributed by atoms with Gasteiger partial charge in [-0.25, -0.2) is 0 Å². The number of nitrogens with zero attached hydrogens (tertiary/aromatic N) is 1. The summed E-state index contributed by atoms with van der Waals surface area (Å²) in [6.45, 7) is 6.05. The predicted octanol–water partition coefficient (Wildman–Crippen LogP) is 4.19. The first kappa shape index (κ1) is 15.5. The highest BCUT2D eigenvalue weighted by Gasteiger charge is 2.09. The molecular weight excluding hydrogens is 246 g/mol. The minimum absolute atomic E-state index is 0.732. The minimum Gasteiger partial charge on any atom is -0.361 e. The number of likely N-dealkylation sites (tertiary alicyclic amines) is 1. The summed E-state index contributed by atoms with van der Waals surface area (Å²) in [6.07, 6.45) is 9.91. The summed E-state index contributed by atoms with van der Waals surface area (Å²) in [4.78, 5) is 2.39. The molecule has 2 heteroatoms. The molecule has 0 N–H and O–H groups in total. The smallest absolute Gasteiger partial charge is 0.0994 e. The molecule has 1 aliphatic heterocycles. The van der Waals surface area contributed by atoms with Crippen molar-refractivity contribution in [2.45, 2.75) is 52.1 Å². The van der Waals surface area contributed by atoms with Crippen LogP contribution in [0.3, 0.4) is 0 Å². The maximum atomic E-state index is 5.81. The van der Waals surface area contributed by atoms with Gasteiger partial charge in [-0.05, 0) is 43.2 Å². The summed E-state index contributed by atoms with van der Waals surface area (Å²) in [5.41, 5.74) is 2.74. The zero-order valence-electron chi connectivity index (χ0n) is 12.8. The van der Waals surface area contributed by atoms with Gasteiger partial charge < -0.3 is 4.74 Å². The first-order valence-electron chi connectivity index (χ1n) is 8.08. The van der Waals surface area contributed by atoms with Crippen LogP contribution in [0.4, 0.5) is 0 Å². The fourth-order valence-electron chi connectivity index (χ4n) is 2.61. The predicted molar refractivity (Wildman–Crippen MR) is 84.4 cm³/mol. The monoisotopic (exact) mass is 274 g/mol. The Bertz CT molecular complexity index is 354. The van der Waals surface area contributed by atoms with Gasteiger partial charge in [0.1, 0.15) is 0 Å². The SMILES string of the molecule is CCCCCc1ccc(COCN2CC[CH]CC2)cc1. The second-order valence-corrected chi connectivity index (χ2v) is 5.74. The quantitative estimate of drug-likeness (QED) is 0.659. The van der Waals surface area contributed by atoms with Gasteiger partial charge in [-0.2, -0.15) is 0 Å². The second-order valence-electron chi connectivity index (χ2n) is 5.74. The fraction of sp³-hybridized carbons (Fsp3) is 0.611. The Labute approximate surface area is 124 Å². The summed E-state index contributed by atoms with van der Waals surface area (Å²) in [5.74, 6) is 0. The van der Waals surface area contributed by atoms with Gasteiger partial charge in [-0.1, -0.05) is 44.0 Å². The van der Waals surface area contributed by atoms with Crippen LogP contribution in [0.1, 0.15) is 50.2 Å². The molecule has 0 unspecified atom stereocenters. The molecule has 0 spiro atoms. The first-order valence-corrected chi connectivity index (χ1v) is 8.08. The molecule has 1 saturated heterocycles. The zero-order valence-corrected chi connectivity index (χ0v) is 12.8. The normalized spacial score (nSPS) is 16.4. The van der Waals surface area contributed by atoms with Crippen molar-refractivity contribution >= 4 is 0 Å². The van der Waals surface area contributed by atoms with Crippen LogP contribution in [0.5, 0.6) is 0 Å². The van der Waals surface area contributed by atoms with E-state index in [-0.39, 0.29) is 0 Å². The summed E-state index contributed by atoms with van der Waals surface area (Å²) in [7, 11) is 0. The van der Waals surface area contributed by atoms with Crippen molar-refractivity contribution in [1.82, 2.24) is 4.90 Å². The average molecular weight is 274 g/mol. The van der Waals surface area contributed by atoms with Crippen LogP contribution < -0.4 is 0 Å². The number of hydrogen-bond acceptors (Lipinski definition) is 2. The van der Waals surface area contributed by atoms with Gasteiger partial charge >= 0.3 is 0 Å². The fourth-order valence-corrected chi connectivity index (χ4v) is 2.61.